The van der Waals surface area contributed by atoms with Crippen LogP contribution in [0.4, 0.5) is 21.0 Å². The molecular formula is C47H47FN8O6. The van der Waals surface area contributed by atoms with Crippen molar-refractivity contribution in [3.8, 4) is 23.6 Å². The van der Waals surface area contributed by atoms with Gasteiger partial charge in [0.1, 0.15) is 28.7 Å². The van der Waals surface area contributed by atoms with E-state index in [1.165, 1.54) is 4.90 Å². The van der Waals surface area contributed by atoms with Crippen molar-refractivity contribution in [1.29, 1.82) is 0 Å². The molecule has 0 radical (unpaired) electrons. The Morgan fingerprint density at radius 2 is 1.82 bits per heavy atom. The molecule has 0 saturated carbocycles. The molecule has 2 unspecified atom stereocenters. The van der Waals surface area contributed by atoms with E-state index in [0.717, 1.165) is 29.4 Å². The van der Waals surface area contributed by atoms with Gasteiger partial charge in [-0.05, 0) is 87.2 Å². The number of rotatable bonds is 8. The molecule has 15 heteroatoms. The van der Waals surface area contributed by atoms with E-state index >= 15 is 4.39 Å². The monoisotopic (exact) mass is 838 g/mol. The van der Waals surface area contributed by atoms with Gasteiger partial charge in [-0.15, -0.1) is 6.42 Å². The second-order valence-electron chi connectivity index (χ2n) is 17.5. The minimum Gasteiger partial charge on any atom is -0.444 e. The number of imide groups is 1. The maximum atomic E-state index is 17.6. The normalized spacial score (nSPS) is 20.4. The average Bonchev–Trinajstić information content (AvgIpc) is 3.71. The van der Waals surface area contributed by atoms with Gasteiger partial charge in [-0.2, -0.15) is 4.98 Å². The summed E-state index contributed by atoms with van der Waals surface area (Å²) in [5.41, 5.74) is 3.17. The number of carbonyl (C=O) groups is 4. The lowest BCUT2D eigenvalue weighted by Gasteiger charge is -2.42. The predicted molar refractivity (Wildman–Crippen MR) is 231 cm³/mol. The number of piperazine rings is 1. The van der Waals surface area contributed by atoms with Gasteiger partial charge in [0.05, 0.1) is 30.1 Å². The van der Waals surface area contributed by atoms with Crippen molar-refractivity contribution in [1.82, 2.24) is 30.1 Å². The van der Waals surface area contributed by atoms with Crippen molar-refractivity contribution in [2.24, 2.45) is 0 Å². The lowest BCUT2D eigenvalue weighted by Crippen LogP contribution is -2.57. The fourth-order valence-electron chi connectivity index (χ4n) is 9.55. The molecule has 5 aromatic rings. The molecule has 4 aliphatic heterocycles. The smallest absolute Gasteiger partial charge is 0.410 e. The zero-order chi connectivity index (χ0) is 43.6. The highest BCUT2D eigenvalue weighted by atomic mass is 19.1. The second kappa shape index (κ2) is 15.7. The minimum absolute atomic E-state index is 0.0264. The summed E-state index contributed by atoms with van der Waals surface area (Å²) in [6, 6.07) is 13.3. The average molecular weight is 839 g/mol. The summed E-state index contributed by atoms with van der Waals surface area (Å²) in [5.74, 6) is 1.49. The van der Waals surface area contributed by atoms with Crippen LogP contribution in [-0.2, 0) is 32.2 Å². The number of pyridine rings is 1. The van der Waals surface area contributed by atoms with Crippen LogP contribution in [0, 0.1) is 18.2 Å². The fourth-order valence-corrected chi connectivity index (χ4v) is 9.55. The highest BCUT2D eigenvalue weighted by molar-refractivity contribution is 6.06. The minimum atomic E-state index is -0.768. The summed E-state index contributed by atoms with van der Waals surface area (Å²) in [6.45, 7) is 8.76. The van der Waals surface area contributed by atoms with Gasteiger partial charge >= 0.3 is 6.09 Å². The van der Waals surface area contributed by atoms with E-state index < -0.39 is 29.4 Å². The number of nitrogens with zero attached hydrogens (tertiary/aromatic N) is 6. The van der Waals surface area contributed by atoms with E-state index in [1.54, 1.807) is 13.3 Å². The van der Waals surface area contributed by atoms with E-state index in [0.29, 0.717) is 51.9 Å². The van der Waals surface area contributed by atoms with Crippen molar-refractivity contribution in [3.05, 3.63) is 88.4 Å². The Balaban J connectivity index is 1.13. The number of anilines is 2. The predicted octanol–water partition coefficient (Wildman–Crippen LogP) is 6.63. The number of methoxy groups -OCH3 is 1. The molecule has 318 valence electrons. The van der Waals surface area contributed by atoms with E-state index in [1.807, 2.05) is 81.1 Å². The third-order valence-corrected chi connectivity index (χ3v) is 12.2. The SMILES string of the molecule is C#Cc1cccc2cc(COC)cc(-c3ncc4c(N5C[C@H]6CC[C@@H](C5)N6C(=O)OC(C)(C)C)nc(NC(C)c5cccc6c5C(=O)N(C5CCC(=O)NC5=O)C6)nc4c3F)c12. The second-order valence-corrected chi connectivity index (χ2v) is 17.5. The molecule has 2 aromatic heterocycles. The molecule has 0 spiro atoms. The third-order valence-electron chi connectivity index (χ3n) is 12.2. The van der Waals surface area contributed by atoms with Crippen molar-refractivity contribution in [2.45, 2.75) is 96.3 Å². The van der Waals surface area contributed by atoms with Crippen molar-refractivity contribution < 1.29 is 33.0 Å². The molecule has 4 aliphatic rings. The van der Waals surface area contributed by atoms with Crippen LogP contribution in [0.15, 0.2) is 54.7 Å². The van der Waals surface area contributed by atoms with Gasteiger partial charge in [-0.1, -0.05) is 36.3 Å². The van der Waals surface area contributed by atoms with Crippen LogP contribution in [0.5, 0.6) is 0 Å². The zero-order valence-electron chi connectivity index (χ0n) is 35.3. The van der Waals surface area contributed by atoms with Crippen LogP contribution >= 0.6 is 0 Å². The lowest BCUT2D eigenvalue weighted by atomic mass is 9.94. The number of hydrogen-bond donors (Lipinski definition) is 2. The quantitative estimate of drug-likeness (QED) is 0.128. The van der Waals surface area contributed by atoms with Crippen LogP contribution < -0.4 is 15.5 Å². The molecule has 62 heavy (non-hydrogen) atoms. The first-order valence-electron chi connectivity index (χ1n) is 20.9. The molecule has 3 saturated heterocycles. The molecule has 3 aromatic carbocycles. The Kier molecular flexibility index (Phi) is 10.3. The number of benzene rings is 3. The number of amides is 4. The largest absolute Gasteiger partial charge is 0.444 e. The van der Waals surface area contributed by atoms with Gasteiger partial charge in [0.15, 0.2) is 5.82 Å². The first-order chi connectivity index (χ1) is 29.7. The summed E-state index contributed by atoms with van der Waals surface area (Å²) in [7, 11) is 1.60. The van der Waals surface area contributed by atoms with Crippen LogP contribution in [0.1, 0.15) is 92.0 Å². The van der Waals surface area contributed by atoms with Crippen molar-refractivity contribution in [3.63, 3.8) is 0 Å². The highest BCUT2D eigenvalue weighted by Gasteiger charge is 2.45. The molecule has 0 aliphatic carbocycles. The van der Waals surface area contributed by atoms with Gasteiger partial charge < -0.3 is 24.6 Å². The van der Waals surface area contributed by atoms with Gasteiger partial charge in [0.2, 0.25) is 17.8 Å². The van der Waals surface area contributed by atoms with Crippen LogP contribution in [0.2, 0.25) is 0 Å². The number of aromatic nitrogens is 3. The van der Waals surface area contributed by atoms with Gasteiger partial charge in [-0.3, -0.25) is 29.6 Å². The zero-order valence-corrected chi connectivity index (χ0v) is 35.3. The Morgan fingerprint density at radius 1 is 1.06 bits per heavy atom. The van der Waals surface area contributed by atoms with E-state index in [4.69, 9.17) is 30.8 Å². The number of terminal acetylenes is 1. The molecule has 9 rings (SSSR count). The molecule has 14 nitrogen and oxygen atoms in total. The maximum absolute atomic E-state index is 17.6. The van der Waals surface area contributed by atoms with E-state index in [2.05, 4.69) is 21.5 Å². The number of halogens is 1. The molecule has 3 fully saturated rings. The number of ether oxygens (including phenoxy) is 2. The summed E-state index contributed by atoms with van der Waals surface area (Å²) < 4.78 is 28.8. The summed E-state index contributed by atoms with van der Waals surface area (Å²) in [4.78, 5) is 72.2. The Hall–Kier alpha value is -6.66. The lowest BCUT2D eigenvalue weighted by molar-refractivity contribution is -0.136. The number of carbonyl (C=O) groups excluding carboxylic acids is 4. The van der Waals surface area contributed by atoms with Gasteiger partial charge in [0.25, 0.3) is 5.91 Å². The summed E-state index contributed by atoms with van der Waals surface area (Å²) >= 11 is 0. The first kappa shape index (κ1) is 40.7. The Bertz CT molecular complexity index is 2730. The standard InChI is InChI=1S/C47H47FN8O6/c1-7-27-10-8-11-28-18-26(24-61-6)19-33(37(27)28)40-39(48)41-34(20-49-40)42(54-22-30-14-15-31(23-54)56(30)46(60)62-47(3,4)5)53-45(52-41)50-25(2)32-13-9-12-29-21-55(44(59)38(29)32)35-16-17-36(57)51-43(35)58/h1,8-13,18-20,25,30-31,35H,14-17,21-24H2,2-6H3,(H,50,52,53)(H,51,57,58)/t25?,30-,31+,35?. The van der Waals surface area contributed by atoms with Gasteiger partial charge in [0, 0.05) is 61.4 Å². The molecule has 2 N–H and O–H groups in total. The fraction of sp³-hybridized carbons (Fsp3) is 0.383. The van der Waals surface area contributed by atoms with Crippen LogP contribution in [-0.4, -0.2) is 92.5 Å². The molecule has 4 amide bonds. The van der Waals surface area contributed by atoms with Crippen LogP contribution in [0.25, 0.3) is 32.9 Å². The first-order valence-corrected chi connectivity index (χ1v) is 20.9. The number of nitrogens with one attached hydrogen (secondary N) is 2. The molecule has 2 bridgehead atoms. The van der Waals surface area contributed by atoms with E-state index in [-0.39, 0.29) is 73.1 Å². The summed E-state index contributed by atoms with van der Waals surface area (Å²) in [5, 5.41) is 7.61. The van der Waals surface area contributed by atoms with E-state index in [9.17, 15) is 19.2 Å². The molecule has 4 atom stereocenters. The molecule has 6 heterocycles. The van der Waals surface area contributed by atoms with Crippen molar-refractivity contribution in [2.75, 3.05) is 30.4 Å². The van der Waals surface area contributed by atoms with Crippen LogP contribution in [0.3, 0.4) is 0 Å². The maximum Gasteiger partial charge on any atom is 0.410 e. The Labute approximate surface area is 358 Å². The number of hydrogen-bond acceptors (Lipinski definition) is 11. The number of fused-ring (bicyclic) bond motifs is 5. The van der Waals surface area contributed by atoms with Crippen molar-refractivity contribution >= 4 is 57.3 Å². The number of piperidine rings is 1. The summed E-state index contributed by atoms with van der Waals surface area (Å²) in [6.07, 6.45) is 9.15. The molecular weight excluding hydrogens is 792 g/mol. The Morgan fingerprint density at radius 3 is 2.53 bits per heavy atom. The highest BCUT2D eigenvalue weighted by Crippen LogP contribution is 2.40. The topological polar surface area (TPSA) is 159 Å². The van der Waals surface area contributed by atoms with Gasteiger partial charge in [-0.25, -0.2) is 14.2 Å². The third kappa shape index (κ3) is 7.21.